The van der Waals surface area contributed by atoms with Crippen molar-refractivity contribution in [3.63, 3.8) is 0 Å². The van der Waals surface area contributed by atoms with E-state index in [1.54, 1.807) is 0 Å². The van der Waals surface area contributed by atoms with Crippen molar-refractivity contribution in [1.29, 1.82) is 0 Å². The Morgan fingerprint density at radius 1 is 0.867 bits per heavy atom. The van der Waals surface area contributed by atoms with Gasteiger partial charge in [-0.1, -0.05) is 67.7 Å². The SMILES string of the molecule is CCC(CC)(CC)[Si](Br)(C(C)C)C(C)C. The van der Waals surface area contributed by atoms with E-state index in [0.29, 0.717) is 5.04 Å². The Bertz CT molecular complexity index is 167. The Morgan fingerprint density at radius 3 is 1.20 bits per heavy atom. The van der Waals surface area contributed by atoms with Crippen LogP contribution in [0.5, 0.6) is 0 Å². The van der Waals surface area contributed by atoms with Gasteiger partial charge in [-0.3, -0.25) is 0 Å². The first-order valence-electron chi connectivity index (χ1n) is 6.51. The van der Waals surface area contributed by atoms with Crippen molar-refractivity contribution in [2.45, 2.75) is 83.8 Å². The molecule has 0 heterocycles. The molecular formula is C13H29BrSi. The molecule has 0 aromatic carbocycles. The van der Waals surface area contributed by atoms with Gasteiger partial charge in [0.1, 0.15) is 6.69 Å². The van der Waals surface area contributed by atoms with E-state index in [9.17, 15) is 0 Å². The molecule has 92 valence electrons. The molecule has 0 unspecified atom stereocenters. The third-order valence-electron chi connectivity index (χ3n) is 4.52. The van der Waals surface area contributed by atoms with Crippen LogP contribution in [0.2, 0.25) is 16.1 Å². The predicted molar refractivity (Wildman–Crippen MR) is 78.4 cm³/mol. The van der Waals surface area contributed by atoms with Gasteiger partial charge in [0, 0.05) is 0 Å². The van der Waals surface area contributed by atoms with Crippen LogP contribution >= 0.6 is 15.3 Å². The third-order valence-corrected chi connectivity index (χ3v) is 18.6. The van der Waals surface area contributed by atoms with Gasteiger partial charge in [0.15, 0.2) is 0 Å². The molecule has 0 saturated carbocycles. The molecule has 0 nitrogen and oxygen atoms in total. The first-order valence-corrected chi connectivity index (χ1v) is 10.9. The van der Waals surface area contributed by atoms with Crippen molar-refractivity contribution in [3.8, 4) is 0 Å². The van der Waals surface area contributed by atoms with Crippen LogP contribution in [0.25, 0.3) is 0 Å². The molecule has 0 N–H and O–H groups in total. The summed E-state index contributed by atoms with van der Waals surface area (Å²) in [7, 11) is 0. The Labute approximate surface area is 106 Å². The summed E-state index contributed by atoms with van der Waals surface area (Å²) in [5.74, 6) is 0. The van der Waals surface area contributed by atoms with Crippen LogP contribution in [0.4, 0.5) is 0 Å². The molecule has 2 heteroatoms. The summed E-state index contributed by atoms with van der Waals surface area (Å²) >= 11 is 4.26. The molecule has 0 aromatic heterocycles. The zero-order valence-electron chi connectivity index (χ0n) is 11.7. The normalized spacial score (nSPS) is 14.0. The number of rotatable bonds is 6. The lowest BCUT2D eigenvalue weighted by molar-refractivity contribution is 0.469. The first kappa shape index (κ1) is 15.7. The van der Waals surface area contributed by atoms with Crippen molar-refractivity contribution in [3.05, 3.63) is 0 Å². The maximum atomic E-state index is 4.26. The maximum Gasteiger partial charge on any atom is 0.141 e. The minimum Gasteiger partial charge on any atom is -0.125 e. The average Bonchev–Trinajstić information content (AvgIpc) is 2.20. The van der Waals surface area contributed by atoms with Crippen LogP contribution in [-0.4, -0.2) is 6.69 Å². The molecule has 0 fully saturated rings. The van der Waals surface area contributed by atoms with E-state index in [2.05, 4.69) is 63.8 Å². The molecule has 0 rings (SSSR count). The highest BCUT2D eigenvalue weighted by molar-refractivity contribution is 9.26. The quantitative estimate of drug-likeness (QED) is 0.409. The highest BCUT2D eigenvalue weighted by Crippen LogP contribution is 2.60. The van der Waals surface area contributed by atoms with Crippen LogP contribution in [0.1, 0.15) is 67.7 Å². The molecule has 0 saturated heterocycles. The molecule has 0 radical (unpaired) electrons. The van der Waals surface area contributed by atoms with E-state index < -0.39 is 6.69 Å². The minimum absolute atomic E-state index is 0.579. The van der Waals surface area contributed by atoms with Gasteiger partial charge in [-0.15, -0.1) is 15.3 Å². The second-order valence-electron chi connectivity index (χ2n) is 5.42. The molecule has 0 aliphatic heterocycles. The van der Waals surface area contributed by atoms with Crippen molar-refractivity contribution < 1.29 is 0 Å². The van der Waals surface area contributed by atoms with Crippen molar-refractivity contribution >= 4 is 22.0 Å². The van der Waals surface area contributed by atoms with Gasteiger partial charge >= 0.3 is 0 Å². The van der Waals surface area contributed by atoms with Crippen LogP contribution in [0.3, 0.4) is 0 Å². The van der Waals surface area contributed by atoms with Gasteiger partial charge in [-0.25, -0.2) is 0 Å². The Hall–Kier alpha value is 0.697. The summed E-state index contributed by atoms with van der Waals surface area (Å²) in [6.07, 6.45) is 3.98. The highest BCUT2D eigenvalue weighted by Gasteiger charge is 2.52. The van der Waals surface area contributed by atoms with Gasteiger partial charge in [0.05, 0.1) is 0 Å². The highest BCUT2D eigenvalue weighted by atomic mass is 79.9. The maximum absolute atomic E-state index is 4.26. The molecule has 0 aliphatic carbocycles. The smallest absolute Gasteiger partial charge is 0.125 e. The van der Waals surface area contributed by atoms with Gasteiger partial charge in [0.25, 0.3) is 0 Å². The Kier molecular flexibility index (Phi) is 6.13. The van der Waals surface area contributed by atoms with E-state index in [-0.39, 0.29) is 0 Å². The summed E-state index contributed by atoms with van der Waals surface area (Å²) in [6, 6.07) is 0. The van der Waals surface area contributed by atoms with Gasteiger partial charge < -0.3 is 0 Å². The standard InChI is InChI=1S/C13H29BrSi/c1-8-13(9-2,10-3)15(14,11(4)5)12(6)7/h11-12H,8-10H2,1-7H3. The first-order chi connectivity index (χ1) is 6.82. The lowest BCUT2D eigenvalue weighted by Gasteiger charge is -2.50. The molecule has 0 aromatic rings. The Morgan fingerprint density at radius 2 is 1.13 bits per heavy atom. The lowest BCUT2D eigenvalue weighted by Crippen LogP contribution is -2.47. The number of hydrogen-bond acceptors (Lipinski definition) is 0. The fraction of sp³-hybridized carbons (Fsp3) is 1.00. The molecule has 0 spiro atoms. The average molecular weight is 293 g/mol. The second kappa shape index (κ2) is 5.86. The fourth-order valence-electron chi connectivity index (χ4n) is 3.45. The summed E-state index contributed by atoms with van der Waals surface area (Å²) in [4.78, 5) is 0. The zero-order valence-corrected chi connectivity index (χ0v) is 14.2. The summed E-state index contributed by atoms with van der Waals surface area (Å²) in [6.45, 7) is 15.4. The molecule has 15 heavy (non-hydrogen) atoms. The number of hydrogen-bond donors (Lipinski definition) is 0. The molecule has 0 amide bonds. The summed E-state index contributed by atoms with van der Waals surface area (Å²) < 4.78 is 0. The summed E-state index contributed by atoms with van der Waals surface area (Å²) in [5, 5.41) is 0.579. The largest absolute Gasteiger partial charge is 0.141 e. The lowest BCUT2D eigenvalue weighted by atomic mass is 9.99. The van der Waals surface area contributed by atoms with Crippen LogP contribution in [0, 0.1) is 0 Å². The molecular weight excluding hydrogens is 264 g/mol. The predicted octanol–water partition coefficient (Wildman–Crippen LogP) is 6.12. The Balaban J connectivity index is 5.37. The molecule has 0 bridgehead atoms. The van der Waals surface area contributed by atoms with E-state index >= 15 is 0 Å². The van der Waals surface area contributed by atoms with E-state index in [4.69, 9.17) is 0 Å². The minimum atomic E-state index is -1.37. The van der Waals surface area contributed by atoms with Crippen molar-refractivity contribution in [2.75, 3.05) is 0 Å². The van der Waals surface area contributed by atoms with E-state index in [0.717, 1.165) is 11.1 Å². The number of halogens is 1. The van der Waals surface area contributed by atoms with Crippen LogP contribution in [-0.2, 0) is 0 Å². The van der Waals surface area contributed by atoms with Gasteiger partial charge in [-0.2, -0.15) is 0 Å². The zero-order chi connectivity index (χ0) is 12.3. The van der Waals surface area contributed by atoms with Crippen molar-refractivity contribution in [2.24, 2.45) is 0 Å². The monoisotopic (exact) mass is 292 g/mol. The fourth-order valence-corrected chi connectivity index (χ4v) is 11.4. The van der Waals surface area contributed by atoms with Gasteiger partial charge in [-0.05, 0) is 16.1 Å². The van der Waals surface area contributed by atoms with Gasteiger partial charge in [0.2, 0.25) is 0 Å². The summed E-state index contributed by atoms with van der Waals surface area (Å²) in [5.41, 5.74) is 1.63. The third kappa shape index (κ3) is 2.51. The molecule has 0 atom stereocenters. The van der Waals surface area contributed by atoms with Crippen LogP contribution in [0.15, 0.2) is 0 Å². The van der Waals surface area contributed by atoms with Crippen molar-refractivity contribution in [1.82, 2.24) is 0 Å². The van der Waals surface area contributed by atoms with E-state index in [1.165, 1.54) is 19.3 Å². The topological polar surface area (TPSA) is 0 Å². The molecule has 0 aliphatic rings. The van der Waals surface area contributed by atoms with E-state index in [1.807, 2.05) is 0 Å². The second-order valence-corrected chi connectivity index (χ2v) is 14.3. The van der Waals surface area contributed by atoms with Crippen LogP contribution < -0.4 is 0 Å².